The van der Waals surface area contributed by atoms with Crippen LogP contribution in [0.3, 0.4) is 0 Å². The Morgan fingerprint density at radius 2 is 1.90 bits per heavy atom. The first kappa shape index (κ1) is 19.4. The van der Waals surface area contributed by atoms with Gasteiger partial charge in [-0.05, 0) is 62.7 Å². The van der Waals surface area contributed by atoms with Gasteiger partial charge in [0.25, 0.3) is 10.0 Å². The van der Waals surface area contributed by atoms with E-state index < -0.39 is 10.0 Å². The zero-order chi connectivity index (χ0) is 20.8. The molecule has 0 fully saturated rings. The minimum absolute atomic E-state index is 0.0705. The molecule has 0 saturated heterocycles. The molecule has 2 aromatic heterocycles. The number of methoxy groups -OCH3 is 1. The summed E-state index contributed by atoms with van der Waals surface area (Å²) in [6.45, 7) is 5.03. The minimum Gasteiger partial charge on any atom is -0.497 e. The van der Waals surface area contributed by atoms with Crippen molar-refractivity contribution in [3.8, 4) is 16.3 Å². The number of nitrogens with one attached hydrogen (secondary N) is 1. The number of anilines is 1. The van der Waals surface area contributed by atoms with Gasteiger partial charge in [-0.1, -0.05) is 5.16 Å². The Morgan fingerprint density at radius 3 is 2.55 bits per heavy atom. The molecule has 29 heavy (non-hydrogen) atoms. The van der Waals surface area contributed by atoms with Crippen molar-refractivity contribution >= 4 is 37.3 Å². The van der Waals surface area contributed by atoms with E-state index in [9.17, 15) is 8.42 Å². The molecule has 2 heterocycles. The highest BCUT2D eigenvalue weighted by molar-refractivity contribution is 7.92. The van der Waals surface area contributed by atoms with Crippen LogP contribution in [0.15, 0.2) is 45.8 Å². The number of ether oxygens (including phenoxy) is 1. The minimum atomic E-state index is -3.79. The predicted octanol–water partition coefficient (Wildman–Crippen LogP) is 4.69. The maximum atomic E-state index is 12.8. The predicted molar refractivity (Wildman–Crippen MR) is 113 cm³/mol. The molecule has 1 N–H and O–H groups in total. The number of sulfonamides is 1. The molecule has 150 valence electrons. The highest BCUT2D eigenvalue weighted by Gasteiger charge is 2.24. The number of benzene rings is 2. The van der Waals surface area contributed by atoms with Crippen LogP contribution >= 0.6 is 11.3 Å². The topological polar surface area (TPSA) is 94.3 Å². The summed E-state index contributed by atoms with van der Waals surface area (Å²) in [5.74, 6) is 1.04. The third-order valence-corrected chi connectivity index (χ3v) is 7.23. The Balaban J connectivity index is 1.66. The van der Waals surface area contributed by atoms with E-state index in [0.717, 1.165) is 32.1 Å². The first-order chi connectivity index (χ1) is 13.8. The molecule has 4 aromatic rings. The van der Waals surface area contributed by atoms with Gasteiger partial charge in [-0.2, -0.15) is 0 Å². The molecule has 4 rings (SSSR count). The van der Waals surface area contributed by atoms with E-state index in [1.807, 2.05) is 37.3 Å². The molecule has 0 aliphatic rings. The third kappa shape index (κ3) is 3.58. The van der Waals surface area contributed by atoms with Crippen molar-refractivity contribution in [3.05, 3.63) is 53.4 Å². The van der Waals surface area contributed by atoms with E-state index in [1.165, 1.54) is 0 Å². The van der Waals surface area contributed by atoms with Crippen molar-refractivity contribution in [2.75, 3.05) is 11.8 Å². The highest BCUT2D eigenvalue weighted by Crippen LogP contribution is 2.34. The number of fused-ring (bicyclic) bond motifs is 1. The molecule has 0 atom stereocenters. The lowest BCUT2D eigenvalue weighted by Crippen LogP contribution is -2.15. The van der Waals surface area contributed by atoms with Crippen molar-refractivity contribution in [1.29, 1.82) is 0 Å². The monoisotopic (exact) mass is 429 g/mol. The Labute approximate surface area is 172 Å². The standard InChI is InChI=1S/C20H19N3O4S2/c1-11-9-14(20-21-17-8-6-15(26-4)10-18(17)28-20)5-7-16(11)23-29(24,25)19-12(2)22-27-13(19)3/h5-10,23H,1-4H3. The Morgan fingerprint density at radius 1 is 1.10 bits per heavy atom. The normalized spacial score (nSPS) is 11.7. The SMILES string of the molecule is COc1ccc2nc(-c3ccc(NS(=O)(=O)c4c(C)noc4C)c(C)c3)sc2c1. The fraction of sp³-hybridized carbons (Fsp3) is 0.200. The summed E-state index contributed by atoms with van der Waals surface area (Å²) in [5, 5.41) is 4.58. The summed E-state index contributed by atoms with van der Waals surface area (Å²) in [5.41, 5.74) is 3.43. The smallest absolute Gasteiger partial charge is 0.267 e. The Hall–Kier alpha value is -2.91. The number of hydrogen-bond acceptors (Lipinski definition) is 7. The van der Waals surface area contributed by atoms with Crippen LogP contribution in [0.25, 0.3) is 20.8 Å². The van der Waals surface area contributed by atoms with Crippen molar-refractivity contribution < 1.29 is 17.7 Å². The average molecular weight is 430 g/mol. The molecule has 7 nitrogen and oxygen atoms in total. The second kappa shape index (κ2) is 7.16. The van der Waals surface area contributed by atoms with Crippen LogP contribution in [0, 0.1) is 20.8 Å². The summed E-state index contributed by atoms with van der Waals surface area (Å²) in [6, 6.07) is 11.3. The van der Waals surface area contributed by atoms with Crippen molar-refractivity contribution in [1.82, 2.24) is 10.1 Å². The fourth-order valence-electron chi connectivity index (χ4n) is 3.12. The third-order valence-electron chi connectivity index (χ3n) is 4.55. The molecule has 9 heteroatoms. The zero-order valence-corrected chi connectivity index (χ0v) is 17.9. The Kier molecular flexibility index (Phi) is 4.79. The van der Waals surface area contributed by atoms with E-state index >= 15 is 0 Å². The largest absolute Gasteiger partial charge is 0.497 e. The summed E-state index contributed by atoms with van der Waals surface area (Å²) in [7, 11) is -2.16. The van der Waals surface area contributed by atoms with E-state index in [-0.39, 0.29) is 10.7 Å². The van der Waals surface area contributed by atoms with Crippen LogP contribution in [0.5, 0.6) is 5.75 Å². The lowest BCUT2D eigenvalue weighted by atomic mass is 10.1. The van der Waals surface area contributed by atoms with Crippen LogP contribution in [-0.2, 0) is 10.0 Å². The molecular formula is C20H19N3O4S2. The van der Waals surface area contributed by atoms with E-state index in [4.69, 9.17) is 9.26 Å². The van der Waals surface area contributed by atoms with Gasteiger partial charge in [-0.25, -0.2) is 13.4 Å². The second-order valence-corrected chi connectivity index (χ2v) is 9.29. The molecule has 0 aliphatic carbocycles. The van der Waals surface area contributed by atoms with Gasteiger partial charge in [-0.15, -0.1) is 11.3 Å². The number of thiazole rings is 1. The summed E-state index contributed by atoms with van der Waals surface area (Å²) >= 11 is 1.56. The molecule has 2 aromatic carbocycles. The van der Waals surface area contributed by atoms with E-state index in [2.05, 4.69) is 14.9 Å². The number of hydrogen-bond donors (Lipinski definition) is 1. The fourth-order valence-corrected chi connectivity index (χ4v) is 5.57. The number of nitrogens with zero attached hydrogens (tertiary/aromatic N) is 2. The maximum Gasteiger partial charge on any atom is 0.267 e. The van der Waals surface area contributed by atoms with Gasteiger partial charge < -0.3 is 9.26 Å². The first-order valence-corrected chi connectivity index (χ1v) is 11.1. The van der Waals surface area contributed by atoms with Crippen LogP contribution in [0.1, 0.15) is 17.0 Å². The van der Waals surface area contributed by atoms with E-state index in [1.54, 1.807) is 38.4 Å². The maximum absolute atomic E-state index is 12.8. The van der Waals surface area contributed by atoms with Crippen LogP contribution in [-0.4, -0.2) is 25.7 Å². The quantitative estimate of drug-likeness (QED) is 0.495. The molecule has 0 amide bonds. The molecular weight excluding hydrogens is 410 g/mol. The van der Waals surface area contributed by atoms with Gasteiger partial charge in [0.2, 0.25) is 0 Å². The summed E-state index contributed by atoms with van der Waals surface area (Å²) < 4.78 is 39.4. The van der Waals surface area contributed by atoms with Crippen molar-refractivity contribution in [2.45, 2.75) is 25.7 Å². The van der Waals surface area contributed by atoms with E-state index in [0.29, 0.717) is 11.4 Å². The van der Waals surface area contributed by atoms with Gasteiger partial charge in [0, 0.05) is 5.56 Å². The molecule has 0 spiro atoms. The van der Waals surface area contributed by atoms with Gasteiger partial charge in [0.05, 0.1) is 23.0 Å². The number of rotatable bonds is 5. The molecule has 0 saturated carbocycles. The van der Waals surface area contributed by atoms with Crippen molar-refractivity contribution in [3.63, 3.8) is 0 Å². The summed E-state index contributed by atoms with van der Waals surface area (Å²) in [6.07, 6.45) is 0. The molecule has 0 unspecified atom stereocenters. The van der Waals surface area contributed by atoms with Crippen LogP contribution in [0.2, 0.25) is 0 Å². The summed E-state index contributed by atoms with van der Waals surface area (Å²) in [4.78, 5) is 4.74. The van der Waals surface area contributed by atoms with Crippen molar-refractivity contribution in [2.24, 2.45) is 0 Å². The zero-order valence-electron chi connectivity index (χ0n) is 16.3. The first-order valence-electron chi connectivity index (χ1n) is 8.80. The van der Waals surface area contributed by atoms with Crippen LogP contribution in [0.4, 0.5) is 5.69 Å². The number of aryl methyl sites for hydroxylation is 3. The van der Waals surface area contributed by atoms with Gasteiger partial charge >= 0.3 is 0 Å². The Bertz CT molecular complexity index is 1300. The highest BCUT2D eigenvalue weighted by atomic mass is 32.2. The lowest BCUT2D eigenvalue weighted by molar-refractivity contribution is 0.390. The van der Waals surface area contributed by atoms with Gasteiger partial charge in [0.15, 0.2) is 10.7 Å². The molecule has 0 aliphatic heterocycles. The molecule has 0 bridgehead atoms. The van der Waals surface area contributed by atoms with Gasteiger partial charge in [0.1, 0.15) is 16.5 Å². The second-order valence-electron chi connectivity index (χ2n) is 6.64. The van der Waals surface area contributed by atoms with Gasteiger partial charge in [-0.3, -0.25) is 4.72 Å². The number of aromatic nitrogens is 2. The molecule has 0 radical (unpaired) electrons. The average Bonchev–Trinajstić information content (AvgIpc) is 3.25. The lowest BCUT2D eigenvalue weighted by Gasteiger charge is -2.11. The van der Waals surface area contributed by atoms with Crippen LogP contribution < -0.4 is 9.46 Å².